The van der Waals surface area contributed by atoms with Crippen LogP contribution >= 0.6 is 0 Å². The van der Waals surface area contributed by atoms with Gasteiger partial charge >= 0.3 is 0 Å². The summed E-state index contributed by atoms with van der Waals surface area (Å²) in [6.45, 7) is 3.83. The summed E-state index contributed by atoms with van der Waals surface area (Å²) in [5.41, 5.74) is 2.99. The van der Waals surface area contributed by atoms with E-state index in [9.17, 15) is 9.59 Å². The van der Waals surface area contributed by atoms with Crippen molar-refractivity contribution >= 4 is 23.7 Å². The zero-order valence-corrected chi connectivity index (χ0v) is 16.9. The Labute approximate surface area is 169 Å². The van der Waals surface area contributed by atoms with E-state index >= 15 is 0 Å². The lowest BCUT2D eigenvalue weighted by atomic mass is 10.1. The zero-order valence-electron chi connectivity index (χ0n) is 16.9. The van der Waals surface area contributed by atoms with Gasteiger partial charge in [0.2, 0.25) is 11.9 Å². The molecule has 3 N–H and O–H groups in total. The van der Waals surface area contributed by atoms with Crippen LogP contribution < -0.4 is 16.0 Å². The number of nitrogens with zero attached hydrogens (tertiary/aromatic N) is 3. The average molecular weight is 392 g/mol. The van der Waals surface area contributed by atoms with Gasteiger partial charge in [-0.25, -0.2) is 4.99 Å². The molecule has 1 unspecified atom stereocenters. The Bertz CT molecular complexity index is 998. The van der Waals surface area contributed by atoms with Gasteiger partial charge in [-0.15, -0.1) is 0 Å². The Morgan fingerprint density at radius 2 is 1.48 bits per heavy atom. The number of hydrogen-bond acceptors (Lipinski definition) is 6. The maximum atomic E-state index is 12.6. The minimum Gasteiger partial charge on any atom is -0.311 e. The fraction of sp³-hybridized carbons (Fsp3) is 0.238. The summed E-state index contributed by atoms with van der Waals surface area (Å²) in [4.78, 5) is 35.6. The van der Waals surface area contributed by atoms with Gasteiger partial charge in [0, 0.05) is 18.2 Å². The molecule has 1 aliphatic heterocycles. The lowest BCUT2D eigenvalue weighted by Crippen LogP contribution is -2.54. The second-order valence-electron chi connectivity index (χ2n) is 6.81. The van der Waals surface area contributed by atoms with Gasteiger partial charge in [0.05, 0.1) is 0 Å². The van der Waals surface area contributed by atoms with E-state index in [1.54, 1.807) is 43.3 Å². The lowest BCUT2D eigenvalue weighted by molar-refractivity contribution is 0.0967. The van der Waals surface area contributed by atoms with Gasteiger partial charge in [-0.05, 0) is 45.2 Å². The van der Waals surface area contributed by atoms with Gasteiger partial charge in [0.15, 0.2) is 6.29 Å². The van der Waals surface area contributed by atoms with Crippen molar-refractivity contribution in [3.8, 4) is 0 Å². The van der Waals surface area contributed by atoms with E-state index in [1.807, 2.05) is 38.1 Å². The lowest BCUT2D eigenvalue weighted by Gasteiger charge is -2.31. The van der Waals surface area contributed by atoms with Gasteiger partial charge in [0.25, 0.3) is 11.8 Å². The molecule has 0 aliphatic carbocycles. The van der Waals surface area contributed by atoms with Crippen molar-refractivity contribution in [1.29, 1.82) is 0 Å². The Morgan fingerprint density at radius 1 is 0.931 bits per heavy atom. The standard InChI is InChI=1S/C21H24N6O2/c1-13-7-5-9-15(11-13)17(28)23-19-25-20(22-3)27(4)21(26-19)24-18(29)16-10-6-8-14(2)12-16/h5-12,20,22H,1-4H3,(H2,23,24,25,26,28,29). The quantitative estimate of drug-likeness (QED) is 0.739. The number of benzene rings is 2. The molecule has 1 heterocycles. The molecular weight excluding hydrogens is 368 g/mol. The molecule has 0 saturated carbocycles. The monoisotopic (exact) mass is 392 g/mol. The van der Waals surface area contributed by atoms with Crippen LogP contribution in [0.3, 0.4) is 0 Å². The van der Waals surface area contributed by atoms with Crippen molar-refractivity contribution in [3.05, 3.63) is 70.8 Å². The molecule has 1 atom stereocenters. The topological polar surface area (TPSA) is 98.2 Å². The van der Waals surface area contributed by atoms with Gasteiger partial charge in [-0.1, -0.05) is 35.4 Å². The van der Waals surface area contributed by atoms with E-state index in [2.05, 4.69) is 25.9 Å². The van der Waals surface area contributed by atoms with Crippen LogP contribution in [0, 0.1) is 13.8 Å². The summed E-state index contributed by atoms with van der Waals surface area (Å²) in [5, 5.41) is 8.51. The number of aryl methyl sites for hydroxylation is 2. The number of amides is 2. The Balaban J connectivity index is 1.81. The molecule has 2 aromatic rings. The molecule has 0 bridgehead atoms. The van der Waals surface area contributed by atoms with Crippen molar-refractivity contribution < 1.29 is 9.59 Å². The average Bonchev–Trinajstić information content (AvgIpc) is 2.70. The van der Waals surface area contributed by atoms with E-state index < -0.39 is 6.29 Å². The van der Waals surface area contributed by atoms with Gasteiger partial charge in [-0.3, -0.25) is 25.5 Å². The van der Waals surface area contributed by atoms with Crippen LogP contribution in [0.25, 0.3) is 0 Å². The largest absolute Gasteiger partial charge is 0.311 e. The summed E-state index contributed by atoms with van der Waals surface area (Å²) >= 11 is 0. The highest BCUT2D eigenvalue weighted by atomic mass is 16.2. The highest BCUT2D eigenvalue weighted by Crippen LogP contribution is 2.08. The first-order chi connectivity index (χ1) is 13.9. The van der Waals surface area contributed by atoms with Crippen LogP contribution in [-0.4, -0.2) is 49.0 Å². The van der Waals surface area contributed by atoms with Crippen LogP contribution in [0.2, 0.25) is 0 Å². The van der Waals surface area contributed by atoms with Gasteiger partial charge in [0.1, 0.15) is 0 Å². The third kappa shape index (κ3) is 4.85. The van der Waals surface area contributed by atoms with Crippen molar-refractivity contribution in [2.24, 2.45) is 9.98 Å². The molecule has 150 valence electrons. The van der Waals surface area contributed by atoms with E-state index in [4.69, 9.17) is 0 Å². The molecule has 8 heteroatoms. The summed E-state index contributed by atoms with van der Waals surface area (Å²) in [7, 11) is 3.48. The maximum absolute atomic E-state index is 12.6. The Morgan fingerprint density at radius 3 is 2.00 bits per heavy atom. The SMILES string of the molecule is CNC1N=C(NC(=O)c2cccc(C)c2)N=C(NC(=O)c2cccc(C)c2)N1C. The van der Waals surface area contributed by atoms with E-state index in [1.165, 1.54) is 0 Å². The van der Waals surface area contributed by atoms with E-state index in [0.717, 1.165) is 11.1 Å². The number of rotatable bonds is 3. The first kappa shape index (κ1) is 20.2. The maximum Gasteiger partial charge on any atom is 0.258 e. The van der Waals surface area contributed by atoms with Gasteiger partial charge < -0.3 is 4.90 Å². The molecule has 0 fully saturated rings. The predicted octanol–water partition coefficient (Wildman–Crippen LogP) is 1.62. The van der Waals surface area contributed by atoms with Crippen molar-refractivity contribution in [3.63, 3.8) is 0 Å². The first-order valence-corrected chi connectivity index (χ1v) is 9.20. The molecule has 3 rings (SSSR count). The summed E-state index contributed by atoms with van der Waals surface area (Å²) < 4.78 is 0. The second kappa shape index (κ2) is 8.66. The van der Waals surface area contributed by atoms with E-state index in [-0.39, 0.29) is 23.7 Å². The van der Waals surface area contributed by atoms with Crippen LogP contribution in [-0.2, 0) is 0 Å². The van der Waals surface area contributed by atoms with Crippen molar-refractivity contribution in [2.75, 3.05) is 14.1 Å². The third-order valence-electron chi connectivity index (χ3n) is 4.43. The first-order valence-electron chi connectivity index (χ1n) is 9.20. The van der Waals surface area contributed by atoms with Crippen LogP contribution in [0.1, 0.15) is 31.8 Å². The fourth-order valence-electron chi connectivity index (χ4n) is 2.88. The number of nitrogens with one attached hydrogen (secondary N) is 3. The smallest absolute Gasteiger partial charge is 0.258 e. The second-order valence-corrected chi connectivity index (χ2v) is 6.81. The van der Waals surface area contributed by atoms with Crippen LogP contribution in [0.4, 0.5) is 0 Å². The third-order valence-corrected chi connectivity index (χ3v) is 4.43. The highest BCUT2D eigenvalue weighted by Gasteiger charge is 2.25. The minimum absolute atomic E-state index is 0.119. The molecule has 0 spiro atoms. The number of carbonyl (C=O) groups excluding carboxylic acids is 2. The molecular formula is C21H24N6O2. The van der Waals surface area contributed by atoms with E-state index in [0.29, 0.717) is 11.1 Å². The van der Waals surface area contributed by atoms with Crippen molar-refractivity contribution in [2.45, 2.75) is 20.1 Å². The van der Waals surface area contributed by atoms with Crippen molar-refractivity contribution in [1.82, 2.24) is 20.9 Å². The number of guanidine groups is 2. The summed E-state index contributed by atoms with van der Waals surface area (Å²) in [6.07, 6.45) is -0.492. The predicted molar refractivity (Wildman–Crippen MR) is 113 cm³/mol. The zero-order chi connectivity index (χ0) is 21.0. The molecule has 29 heavy (non-hydrogen) atoms. The van der Waals surface area contributed by atoms with Crippen LogP contribution in [0.15, 0.2) is 58.5 Å². The minimum atomic E-state index is -0.492. The van der Waals surface area contributed by atoms with Crippen LogP contribution in [0.5, 0.6) is 0 Å². The summed E-state index contributed by atoms with van der Waals surface area (Å²) in [5.74, 6) is -0.209. The highest BCUT2D eigenvalue weighted by molar-refractivity contribution is 6.12. The van der Waals surface area contributed by atoms with Gasteiger partial charge in [-0.2, -0.15) is 4.99 Å². The Hall–Kier alpha value is -3.52. The fourth-order valence-corrected chi connectivity index (χ4v) is 2.88. The molecule has 2 amide bonds. The number of carbonyl (C=O) groups is 2. The molecule has 0 saturated heterocycles. The molecule has 0 radical (unpaired) electrons. The molecule has 0 aromatic heterocycles. The summed E-state index contributed by atoms with van der Waals surface area (Å²) in [6, 6.07) is 14.5. The normalized spacial score (nSPS) is 16.0. The molecule has 8 nitrogen and oxygen atoms in total. The molecule has 2 aromatic carbocycles. The number of hydrogen-bond donors (Lipinski definition) is 3. The number of aliphatic imine (C=N–C) groups is 2. The Kier molecular flexibility index (Phi) is 6.04. The molecule has 1 aliphatic rings.